The Morgan fingerprint density at radius 3 is 1.88 bits per heavy atom. The van der Waals surface area contributed by atoms with Gasteiger partial charge in [0.2, 0.25) is 0 Å². The Labute approximate surface area is 190 Å². The van der Waals surface area contributed by atoms with Crippen LogP contribution in [0.3, 0.4) is 0 Å². The van der Waals surface area contributed by atoms with Crippen LogP contribution in [0.25, 0.3) is 21.9 Å². The second-order valence-corrected chi connectivity index (χ2v) is 7.83. The van der Waals surface area contributed by atoms with Gasteiger partial charge in [-0.3, -0.25) is 0 Å². The summed E-state index contributed by atoms with van der Waals surface area (Å²) in [5.41, 5.74) is 4.23. The molecule has 7 nitrogen and oxygen atoms in total. The number of benzene rings is 3. The molecule has 0 bridgehead atoms. The summed E-state index contributed by atoms with van der Waals surface area (Å²) in [7, 11) is 3.31. The Morgan fingerprint density at radius 2 is 1.30 bits per heavy atom. The molecule has 2 aromatic heterocycles. The maximum atomic E-state index is 12.3. The summed E-state index contributed by atoms with van der Waals surface area (Å²) in [5.74, 6) is 2.33. The van der Waals surface area contributed by atoms with Crippen LogP contribution in [0.15, 0.2) is 77.6 Å². The van der Waals surface area contributed by atoms with Crippen molar-refractivity contribution in [1.29, 1.82) is 0 Å². The summed E-state index contributed by atoms with van der Waals surface area (Å²) in [6.45, 7) is 1.20. The lowest BCUT2D eigenvalue weighted by Gasteiger charge is -2.25. The van der Waals surface area contributed by atoms with Gasteiger partial charge in [0.05, 0.1) is 25.3 Å². The average molecular weight is 441 g/mol. The molecule has 7 heteroatoms. The molecule has 0 aliphatic heterocycles. The van der Waals surface area contributed by atoms with E-state index in [1.54, 1.807) is 14.2 Å². The maximum Gasteiger partial charge on any atom is 0.323 e. The standard InChI is InChI=1S/C26H24N4O3/c1-32-19-11-7-17(8-12-19)15-30(16-18-9-13-20(33-2)14-10-18)25-24-23(28-26(31)29-24)21-5-3-4-6-22(21)27-25/h3-14H,15-16H2,1-2H3,(H2,28,29,31). The number of aromatic amines is 2. The lowest BCUT2D eigenvalue weighted by atomic mass is 10.1. The Kier molecular flexibility index (Phi) is 5.44. The van der Waals surface area contributed by atoms with E-state index < -0.39 is 0 Å². The summed E-state index contributed by atoms with van der Waals surface area (Å²) >= 11 is 0. The number of fused-ring (bicyclic) bond motifs is 3. The smallest absolute Gasteiger partial charge is 0.323 e. The summed E-state index contributed by atoms with van der Waals surface area (Å²) in [6, 6.07) is 23.8. The van der Waals surface area contributed by atoms with E-state index in [0.717, 1.165) is 39.0 Å². The van der Waals surface area contributed by atoms with Gasteiger partial charge in [-0.05, 0) is 41.5 Å². The Hall–Kier alpha value is -4.26. The number of aromatic nitrogens is 3. The normalized spacial score (nSPS) is 11.1. The molecule has 0 aliphatic carbocycles. The molecule has 166 valence electrons. The first-order valence-corrected chi connectivity index (χ1v) is 10.7. The first-order valence-electron chi connectivity index (χ1n) is 10.7. The highest BCUT2D eigenvalue weighted by Gasteiger charge is 2.18. The van der Waals surface area contributed by atoms with Gasteiger partial charge in [0.15, 0.2) is 5.82 Å². The van der Waals surface area contributed by atoms with Gasteiger partial charge in [0.25, 0.3) is 0 Å². The number of para-hydroxylation sites is 1. The lowest BCUT2D eigenvalue weighted by molar-refractivity contribution is 0.414. The summed E-state index contributed by atoms with van der Waals surface area (Å²) in [5, 5.41) is 0.906. The number of methoxy groups -OCH3 is 2. The van der Waals surface area contributed by atoms with Gasteiger partial charge in [-0.1, -0.05) is 42.5 Å². The third-order valence-electron chi connectivity index (χ3n) is 5.71. The minimum Gasteiger partial charge on any atom is -0.497 e. The molecule has 0 atom stereocenters. The highest BCUT2D eigenvalue weighted by molar-refractivity contribution is 6.06. The van der Waals surface area contributed by atoms with E-state index in [2.05, 4.69) is 14.9 Å². The fourth-order valence-electron chi connectivity index (χ4n) is 4.04. The minimum atomic E-state index is -0.252. The van der Waals surface area contributed by atoms with Crippen molar-refractivity contribution >= 4 is 27.8 Å². The van der Waals surface area contributed by atoms with Gasteiger partial charge in [0, 0.05) is 18.5 Å². The average Bonchev–Trinajstić information content (AvgIpc) is 3.25. The SMILES string of the molecule is COc1ccc(CN(Cc2ccc(OC)cc2)c2nc3ccccc3c3[nH]c(=O)[nH]c23)cc1. The Bertz CT molecular complexity index is 1400. The zero-order valence-electron chi connectivity index (χ0n) is 18.5. The van der Waals surface area contributed by atoms with Gasteiger partial charge in [0.1, 0.15) is 17.0 Å². The number of hydrogen-bond acceptors (Lipinski definition) is 5. The summed E-state index contributed by atoms with van der Waals surface area (Å²) < 4.78 is 10.6. The molecule has 0 radical (unpaired) electrons. The molecule has 33 heavy (non-hydrogen) atoms. The predicted octanol–water partition coefficient (Wildman–Crippen LogP) is 4.63. The number of anilines is 1. The molecule has 0 fully saturated rings. The summed E-state index contributed by atoms with van der Waals surface area (Å²) in [4.78, 5) is 25.3. The van der Waals surface area contributed by atoms with Crippen molar-refractivity contribution in [3.8, 4) is 11.5 Å². The third-order valence-corrected chi connectivity index (χ3v) is 5.71. The number of nitrogens with one attached hydrogen (secondary N) is 2. The molecule has 5 aromatic rings. The van der Waals surface area contributed by atoms with Crippen LogP contribution in [-0.4, -0.2) is 29.2 Å². The number of pyridine rings is 1. The highest BCUT2D eigenvalue weighted by atomic mass is 16.5. The monoisotopic (exact) mass is 440 g/mol. The third kappa shape index (κ3) is 4.13. The van der Waals surface area contributed by atoms with Gasteiger partial charge < -0.3 is 24.3 Å². The topological polar surface area (TPSA) is 83.2 Å². The molecule has 5 rings (SSSR count). The van der Waals surface area contributed by atoms with Crippen molar-refractivity contribution in [2.45, 2.75) is 13.1 Å². The molecule has 0 amide bonds. The Morgan fingerprint density at radius 1 is 0.758 bits per heavy atom. The number of nitrogens with zero attached hydrogens (tertiary/aromatic N) is 2. The zero-order chi connectivity index (χ0) is 22.8. The predicted molar refractivity (Wildman–Crippen MR) is 130 cm³/mol. The molecule has 2 heterocycles. The van der Waals surface area contributed by atoms with Crippen molar-refractivity contribution in [2.75, 3.05) is 19.1 Å². The van der Waals surface area contributed by atoms with Crippen LogP contribution in [0.5, 0.6) is 11.5 Å². The van der Waals surface area contributed by atoms with E-state index in [9.17, 15) is 4.79 Å². The van der Waals surface area contributed by atoms with Crippen LogP contribution >= 0.6 is 0 Å². The van der Waals surface area contributed by atoms with Gasteiger partial charge >= 0.3 is 5.69 Å². The van der Waals surface area contributed by atoms with E-state index in [0.29, 0.717) is 24.4 Å². The maximum absolute atomic E-state index is 12.3. The fraction of sp³-hybridized carbons (Fsp3) is 0.154. The van der Waals surface area contributed by atoms with E-state index in [-0.39, 0.29) is 5.69 Å². The van der Waals surface area contributed by atoms with Crippen LogP contribution < -0.4 is 20.1 Å². The highest BCUT2D eigenvalue weighted by Crippen LogP contribution is 2.30. The van der Waals surface area contributed by atoms with Crippen molar-refractivity contribution in [3.05, 3.63) is 94.4 Å². The van der Waals surface area contributed by atoms with Crippen LogP contribution in [0, 0.1) is 0 Å². The van der Waals surface area contributed by atoms with Crippen molar-refractivity contribution in [1.82, 2.24) is 15.0 Å². The van der Waals surface area contributed by atoms with E-state index in [4.69, 9.17) is 14.5 Å². The van der Waals surface area contributed by atoms with E-state index in [1.165, 1.54) is 0 Å². The minimum absolute atomic E-state index is 0.252. The van der Waals surface area contributed by atoms with Gasteiger partial charge in [-0.15, -0.1) is 0 Å². The molecule has 0 spiro atoms. The first-order chi connectivity index (χ1) is 16.1. The zero-order valence-corrected chi connectivity index (χ0v) is 18.5. The van der Waals surface area contributed by atoms with E-state index >= 15 is 0 Å². The molecular weight excluding hydrogens is 416 g/mol. The number of imidazole rings is 1. The Balaban J connectivity index is 1.63. The van der Waals surface area contributed by atoms with E-state index in [1.807, 2.05) is 72.8 Å². The van der Waals surface area contributed by atoms with Gasteiger partial charge in [-0.25, -0.2) is 9.78 Å². The summed E-state index contributed by atoms with van der Waals surface area (Å²) in [6.07, 6.45) is 0. The van der Waals surface area contributed by atoms with Crippen LogP contribution in [0.1, 0.15) is 11.1 Å². The number of rotatable bonds is 7. The van der Waals surface area contributed by atoms with Gasteiger partial charge in [-0.2, -0.15) is 0 Å². The number of ether oxygens (including phenoxy) is 2. The van der Waals surface area contributed by atoms with Crippen LogP contribution in [0.2, 0.25) is 0 Å². The van der Waals surface area contributed by atoms with Crippen LogP contribution in [-0.2, 0) is 13.1 Å². The second kappa shape index (κ2) is 8.70. The molecule has 3 aromatic carbocycles. The second-order valence-electron chi connectivity index (χ2n) is 7.83. The van der Waals surface area contributed by atoms with Crippen molar-refractivity contribution in [3.63, 3.8) is 0 Å². The number of hydrogen-bond donors (Lipinski definition) is 2. The molecular formula is C26H24N4O3. The van der Waals surface area contributed by atoms with Crippen molar-refractivity contribution in [2.24, 2.45) is 0 Å². The number of H-pyrrole nitrogens is 2. The quantitative estimate of drug-likeness (QED) is 0.386. The molecule has 0 saturated carbocycles. The fourth-order valence-corrected chi connectivity index (χ4v) is 4.04. The van der Waals surface area contributed by atoms with Crippen molar-refractivity contribution < 1.29 is 9.47 Å². The molecule has 2 N–H and O–H groups in total. The largest absolute Gasteiger partial charge is 0.497 e. The lowest BCUT2D eigenvalue weighted by Crippen LogP contribution is -2.23. The van der Waals surface area contributed by atoms with Crippen LogP contribution in [0.4, 0.5) is 5.82 Å². The first kappa shape index (κ1) is 20.6. The molecule has 0 aliphatic rings. The molecule has 0 unspecified atom stereocenters. The molecule has 0 saturated heterocycles.